The van der Waals surface area contributed by atoms with Crippen molar-refractivity contribution in [2.24, 2.45) is 0 Å². The molecule has 1 N–H and O–H groups in total. The molecule has 1 aliphatic carbocycles. The summed E-state index contributed by atoms with van der Waals surface area (Å²) in [5, 5.41) is 4.00. The first kappa shape index (κ1) is 15.4. The molecular formula is C17H18Cl2N2O. The molecule has 2 aromatic rings. The summed E-state index contributed by atoms with van der Waals surface area (Å²) in [7, 11) is 0. The number of halogens is 2. The van der Waals surface area contributed by atoms with Crippen molar-refractivity contribution in [1.82, 2.24) is 4.57 Å². The van der Waals surface area contributed by atoms with Crippen LogP contribution in [0.15, 0.2) is 24.3 Å². The summed E-state index contributed by atoms with van der Waals surface area (Å²) in [6.45, 7) is 4.28. The number of nitrogens with one attached hydrogen (secondary N) is 1. The van der Waals surface area contributed by atoms with Gasteiger partial charge >= 0.3 is 0 Å². The molecule has 22 heavy (non-hydrogen) atoms. The van der Waals surface area contributed by atoms with Crippen LogP contribution in [0.2, 0.25) is 10.0 Å². The lowest BCUT2D eigenvalue weighted by molar-refractivity contribution is 0.101. The van der Waals surface area contributed by atoms with E-state index in [-0.39, 0.29) is 12.3 Å². The molecule has 3 nitrogen and oxygen atoms in total. The van der Waals surface area contributed by atoms with Crippen LogP contribution in [0.25, 0.3) is 0 Å². The van der Waals surface area contributed by atoms with E-state index in [0.29, 0.717) is 21.8 Å². The molecule has 116 valence electrons. The van der Waals surface area contributed by atoms with Crippen LogP contribution in [0.5, 0.6) is 0 Å². The van der Waals surface area contributed by atoms with E-state index < -0.39 is 0 Å². The topological polar surface area (TPSA) is 34.0 Å². The van der Waals surface area contributed by atoms with Gasteiger partial charge in [-0.2, -0.15) is 0 Å². The third-order valence-electron chi connectivity index (χ3n) is 4.09. The number of carbonyl (C=O) groups excluding carboxylic acids is 1. The maximum atomic E-state index is 12.5. The van der Waals surface area contributed by atoms with E-state index in [2.05, 4.69) is 16.8 Å². The summed E-state index contributed by atoms with van der Waals surface area (Å²) in [5.74, 6) is 0.0658. The molecular weight excluding hydrogens is 319 g/mol. The van der Waals surface area contributed by atoms with Gasteiger partial charge in [0.1, 0.15) is 0 Å². The number of Topliss-reactive ketones (excluding diaryl/α,β-unsaturated/α-hetero) is 1. The maximum Gasteiger partial charge on any atom is 0.183 e. The number of nitrogens with zero attached hydrogens (tertiary/aromatic N) is 1. The zero-order chi connectivity index (χ0) is 15.9. The highest BCUT2D eigenvalue weighted by molar-refractivity contribution is 6.43. The maximum absolute atomic E-state index is 12.5. The van der Waals surface area contributed by atoms with Crippen LogP contribution in [0.3, 0.4) is 0 Å². The standard InChI is InChI=1S/C17H18Cl2N2O/c1-10-8-13(11(2)21(10)12-6-7-12)16(22)9-20-15-5-3-4-14(18)17(15)19/h3-5,8,12,20H,6-7,9H2,1-2H3. The molecule has 5 heteroatoms. The number of ketones is 1. The average molecular weight is 337 g/mol. The molecule has 1 aromatic heterocycles. The lowest BCUT2D eigenvalue weighted by Crippen LogP contribution is -2.15. The molecule has 0 aliphatic heterocycles. The van der Waals surface area contributed by atoms with Crippen molar-refractivity contribution in [3.05, 3.63) is 51.3 Å². The number of hydrogen-bond acceptors (Lipinski definition) is 2. The number of hydrogen-bond donors (Lipinski definition) is 1. The summed E-state index contributed by atoms with van der Waals surface area (Å²) >= 11 is 12.1. The fraction of sp³-hybridized carbons (Fsp3) is 0.353. The number of aromatic nitrogens is 1. The Morgan fingerprint density at radius 2 is 2.05 bits per heavy atom. The Morgan fingerprint density at radius 1 is 1.32 bits per heavy atom. The van der Waals surface area contributed by atoms with Crippen LogP contribution in [0.4, 0.5) is 5.69 Å². The Balaban J connectivity index is 1.75. The Morgan fingerprint density at radius 3 is 2.73 bits per heavy atom. The van der Waals surface area contributed by atoms with Gasteiger partial charge in [0.15, 0.2) is 5.78 Å². The van der Waals surface area contributed by atoms with Gasteiger partial charge in [0.2, 0.25) is 0 Å². The molecule has 0 radical (unpaired) electrons. The van der Waals surface area contributed by atoms with Gasteiger partial charge in [0.05, 0.1) is 22.3 Å². The first-order chi connectivity index (χ1) is 10.5. The number of aryl methyl sites for hydroxylation is 1. The van der Waals surface area contributed by atoms with Gasteiger partial charge in [-0.25, -0.2) is 0 Å². The minimum atomic E-state index is 0.0658. The second-order valence-electron chi connectivity index (χ2n) is 5.76. The van der Waals surface area contributed by atoms with Gasteiger partial charge in [-0.15, -0.1) is 0 Å². The van der Waals surface area contributed by atoms with Crippen molar-refractivity contribution in [2.75, 3.05) is 11.9 Å². The largest absolute Gasteiger partial charge is 0.376 e. The summed E-state index contributed by atoms with van der Waals surface area (Å²) in [6, 6.07) is 7.91. The summed E-state index contributed by atoms with van der Waals surface area (Å²) < 4.78 is 2.28. The van der Waals surface area contributed by atoms with Gasteiger partial charge in [0, 0.05) is 23.0 Å². The number of anilines is 1. The molecule has 0 bridgehead atoms. The van der Waals surface area contributed by atoms with E-state index in [9.17, 15) is 4.79 Å². The SMILES string of the molecule is Cc1cc(C(=O)CNc2cccc(Cl)c2Cl)c(C)n1C1CC1. The minimum Gasteiger partial charge on any atom is -0.376 e. The van der Waals surface area contributed by atoms with E-state index in [1.807, 2.05) is 19.1 Å². The van der Waals surface area contributed by atoms with Crippen LogP contribution in [0.1, 0.15) is 40.6 Å². The van der Waals surface area contributed by atoms with Crippen LogP contribution < -0.4 is 5.32 Å². The molecule has 0 saturated heterocycles. The summed E-state index contributed by atoms with van der Waals surface area (Å²) in [4.78, 5) is 12.5. The van der Waals surface area contributed by atoms with Crippen molar-refractivity contribution in [3.63, 3.8) is 0 Å². The highest BCUT2D eigenvalue weighted by Crippen LogP contribution is 2.38. The second-order valence-corrected chi connectivity index (χ2v) is 6.55. The first-order valence-electron chi connectivity index (χ1n) is 7.38. The Labute approximate surface area is 140 Å². The third kappa shape index (κ3) is 2.88. The quantitative estimate of drug-likeness (QED) is 0.776. The predicted octanol–water partition coefficient (Wildman–Crippen LogP) is 5.04. The van der Waals surface area contributed by atoms with E-state index in [4.69, 9.17) is 23.2 Å². The number of benzene rings is 1. The fourth-order valence-electron chi connectivity index (χ4n) is 2.87. The molecule has 0 spiro atoms. The van der Waals surface area contributed by atoms with Crippen molar-refractivity contribution in [1.29, 1.82) is 0 Å². The zero-order valence-electron chi connectivity index (χ0n) is 12.6. The Hall–Kier alpha value is -1.45. The van der Waals surface area contributed by atoms with Gasteiger partial charge in [-0.1, -0.05) is 29.3 Å². The molecule has 0 unspecified atom stereocenters. The van der Waals surface area contributed by atoms with Crippen LogP contribution in [-0.4, -0.2) is 16.9 Å². The highest BCUT2D eigenvalue weighted by atomic mass is 35.5. The van der Waals surface area contributed by atoms with Crippen LogP contribution in [0, 0.1) is 13.8 Å². The van der Waals surface area contributed by atoms with E-state index in [0.717, 1.165) is 17.0 Å². The summed E-state index contributed by atoms with van der Waals surface area (Å²) in [6.07, 6.45) is 2.42. The fourth-order valence-corrected chi connectivity index (χ4v) is 3.23. The van der Waals surface area contributed by atoms with Gasteiger partial charge < -0.3 is 9.88 Å². The van der Waals surface area contributed by atoms with Crippen molar-refractivity contribution >= 4 is 34.7 Å². The second kappa shape index (κ2) is 5.98. The van der Waals surface area contributed by atoms with E-state index >= 15 is 0 Å². The van der Waals surface area contributed by atoms with Gasteiger partial charge in [-0.3, -0.25) is 4.79 Å². The first-order valence-corrected chi connectivity index (χ1v) is 8.14. The molecule has 0 atom stereocenters. The highest BCUT2D eigenvalue weighted by Gasteiger charge is 2.28. The van der Waals surface area contributed by atoms with Crippen molar-refractivity contribution < 1.29 is 4.79 Å². The predicted molar refractivity (Wildman–Crippen MR) is 91.5 cm³/mol. The van der Waals surface area contributed by atoms with Crippen LogP contribution in [-0.2, 0) is 0 Å². The third-order valence-corrected chi connectivity index (χ3v) is 4.91. The van der Waals surface area contributed by atoms with E-state index in [1.54, 1.807) is 12.1 Å². The molecule has 3 rings (SSSR count). The van der Waals surface area contributed by atoms with Gasteiger partial charge in [0.25, 0.3) is 0 Å². The lowest BCUT2D eigenvalue weighted by Gasteiger charge is -2.10. The number of carbonyl (C=O) groups is 1. The van der Waals surface area contributed by atoms with Crippen molar-refractivity contribution in [2.45, 2.75) is 32.7 Å². The molecule has 0 amide bonds. The zero-order valence-corrected chi connectivity index (χ0v) is 14.1. The van der Waals surface area contributed by atoms with Crippen molar-refractivity contribution in [3.8, 4) is 0 Å². The average Bonchev–Trinajstić information content (AvgIpc) is 3.26. The monoisotopic (exact) mass is 336 g/mol. The smallest absolute Gasteiger partial charge is 0.183 e. The summed E-state index contributed by atoms with van der Waals surface area (Å²) in [5.41, 5.74) is 3.68. The van der Waals surface area contributed by atoms with E-state index in [1.165, 1.54) is 12.8 Å². The minimum absolute atomic E-state index is 0.0658. The normalized spacial score (nSPS) is 14.2. The molecule has 1 saturated carbocycles. The molecule has 1 aliphatic rings. The molecule has 1 heterocycles. The molecule has 1 aromatic carbocycles. The lowest BCUT2D eigenvalue weighted by atomic mass is 10.1. The number of rotatable bonds is 5. The Bertz CT molecular complexity index is 733. The Kier molecular flexibility index (Phi) is 4.20. The molecule has 1 fully saturated rings. The van der Waals surface area contributed by atoms with Crippen LogP contribution >= 0.6 is 23.2 Å². The van der Waals surface area contributed by atoms with Gasteiger partial charge in [-0.05, 0) is 44.9 Å².